The lowest BCUT2D eigenvalue weighted by atomic mass is 10.1. The monoisotopic (exact) mass is 148 g/mol. The van der Waals surface area contributed by atoms with Crippen molar-refractivity contribution in [2.24, 2.45) is 0 Å². The van der Waals surface area contributed by atoms with E-state index in [1.807, 2.05) is 0 Å². The van der Waals surface area contributed by atoms with Crippen LogP contribution in [0.25, 0.3) is 0 Å². The second kappa shape index (κ2) is 2.54. The zero-order valence-electron chi connectivity index (χ0n) is 5.72. The summed E-state index contributed by atoms with van der Waals surface area (Å²) in [5.41, 5.74) is -1.41. The molecule has 1 fully saturated rings. The lowest BCUT2D eigenvalue weighted by molar-refractivity contribution is -0.173. The Bertz CT molecular complexity index is 142. The second-order valence-corrected chi connectivity index (χ2v) is 2.42. The molecule has 0 aromatic carbocycles. The first-order valence-electron chi connectivity index (χ1n) is 3.02. The number of carbonyl (C=O) groups is 1. The topological polar surface area (TPSA) is 35.5 Å². The van der Waals surface area contributed by atoms with Crippen molar-refractivity contribution in [2.75, 3.05) is 19.8 Å². The van der Waals surface area contributed by atoms with Crippen LogP contribution in [0.3, 0.4) is 0 Å². The molecule has 1 saturated heterocycles. The summed E-state index contributed by atoms with van der Waals surface area (Å²) in [4.78, 5) is 10.2. The molecule has 0 spiro atoms. The molecule has 0 saturated carbocycles. The van der Waals surface area contributed by atoms with E-state index in [9.17, 15) is 9.18 Å². The summed E-state index contributed by atoms with van der Waals surface area (Å²) in [6.45, 7) is 1.16. The first-order chi connectivity index (χ1) is 4.62. The molecule has 0 amide bonds. The Balaban J connectivity index is 2.18. The second-order valence-electron chi connectivity index (χ2n) is 2.42. The number of ether oxygens (including phenoxy) is 2. The Hall–Kier alpha value is -0.640. The zero-order valence-corrected chi connectivity index (χ0v) is 5.72. The predicted octanol–water partition coefficient (Wildman–Crippen LogP) is 0.288. The fraction of sp³-hybridized carbons (Fsp3) is 0.833. The Morgan fingerprint density at radius 2 is 2.40 bits per heavy atom. The standard InChI is InChI=1S/C6H9FO3/c1-5(8)10-4-6(7)2-9-3-6/h2-4H2,1H3. The number of halogens is 1. The quantitative estimate of drug-likeness (QED) is 0.528. The lowest BCUT2D eigenvalue weighted by Gasteiger charge is -2.32. The molecule has 3 nitrogen and oxygen atoms in total. The van der Waals surface area contributed by atoms with Crippen LogP contribution in [0.4, 0.5) is 4.39 Å². The van der Waals surface area contributed by atoms with Crippen molar-refractivity contribution in [3.8, 4) is 0 Å². The molecule has 1 heterocycles. The summed E-state index contributed by atoms with van der Waals surface area (Å²) in [6.07, 6.45) is 0. The molecule has 10 heavy (non-hydrogen) atoms. The van der Waals surface area contributed by atoms with Gasteiger partial charge in [-0.2, -0.15) is 0 Å². The lowest BCUT2D eigenvalue weighted by Crippen LogP contribution is -2.49. The third-order valence-electron chi connectivity index (χ3n) is 1.26. The van der Waals surface area contributed by atoms with Gasteiger partial charge >= 0.3 is 5.97 Å². The van der Waals surface area contributed by atoms with Crippen LogP contribution in [0.5, 0.6) is 0 Å². The summed E-state index contributed by atoms with van der Waals surface area (Å²) in [5, 5.41) is 0. The van der Waals surface area contributed by atoms with Gasteiger partial charge in [0, 0.05) is 6.92 Å². The third-order valence-corrected chi connectivity index (χ3v) is 1.26. The molecule has 1 aliphatic rings. The zero-order chi connectivity index (χ0) is 7.61. The third kappa shape index (κ3) is 1.67. The van der Waals surface area contributed by atoms with E-state index < -0.39 is 11.6 Å². The van der Waals surface area contributed by atoms with Crippen LogP contribution in [0.1, 0.15) is 6.92 Å². The molecule has 0 aromatic rings. The minimum Gasteiger partial charge on any atom is -0.462 e. The van der Waals surface area contributed by atoms with Gasteiger partial charge in [-0.1, -0.05) is 0 Å². The summed E-state index contributed by atoms with van der Waals surface area (Å²) >= 11 is 0. The molecule has 0 aromatic heterocycles. The van der Waals surface area contributed by atoms with Gasteiger partial charge in [-0.3, -0.25) is 4.79 Å². The normalized spacial score (nSPS) is 21.4. The van der Waals surface area contributed by atoms with E-state index >= 15 is 0 Å². The summed E-state index contributed by atoms with van der Waals surface area (Å²) in [7, 11) is 0. The van der Waals surface area contributed by atoms with Crippen LogP contribution in [0.15, 0.2) is 0 Å². The first-order valence-corrected chi connectivity index (χ1v) is 3.02. The van der Waals surface area contributed by atoms with Crippen molar-refractivity contribution < 1.29 is 18.7 Å². The van der Waals surface area contributed by atoms with Crippen LogP contribution in [-0.2, 0) is 14.3 Å². The molecular formula is C6H9FO3. The van der Waals surface area contributed by atoms with Crippen molar-refractivity contribution in [1.29, 1.82) is 0 Å². The van der Waals surface area contributed by atoms with Gasteiger partial charge in [0.15, 0.2) is 5.67 Å². The van der Waals surface area contributed by atoms with E-state index in [2.05, 4.69) is 9.47 Å². The number of hydrogen-bond acceptors (Lipinski definition) is 3. The van der Waals surface area contributed by atoms with Gasteiger partial charge in [0.25, 0.3) is 0 Å². The molecule has 58 valence electrons. The molecule has 0 radical (unpaired) electrons. The number of rotatable bonds is 2. The highest BCUT2D eigenvalue weighted by Gasteiger charge is 2.39. The molecule has 0 unspecified atom stereocenters. The minimum absolute atomic E-state index is 0.0419. The summed E-state index contributed by atoms with van der Waals surface area (Å²) < 4.78 is 21.9. The van der Waals surface area contributed by atoms with E-state index in [0.717, 1.165) is 0 Å². The van der Waals surface area contributed by atoms with Crippen LogP contribution >= 0.6 is 0 Å². The van der Waals surface area contributed by atoms with Gasteiger partial charge in [-0.15, -0.1) is 0 Å². The number of esters is 1. The van der Waals surface area contributed by atoms with Crippen molar-refractivity contribution in [3.05, 3.63) is 0 Å². The Kier molecular flexibility index (Phi) is 1.89. The summed E-state index contributed by atoms with van der Waals surface area (Å²) in [6, 6.07) is 0. The van der Waals surface area contributed by atoms with Crippen LogP contribution in [0.2, 0.25) is 0 Å². The Morgan fingerprint density at radius 3 is 2.70 bits per heavy atom. The maximum Gasteiger partial charge on any atom is 0.302 e. The molecule has 0 aliphatic carbocycles. The highest BCUT2D eigenvalue weighted by molar-refractivity contribution is 5.65. The maximum absolute atomic E-state index is 12.9. The SMILES string of the molecule is CC(=O)OCC1(F)COC1. The molecule has 1 rings (SSSR count). The van der Waals surface area contributed by atoms with Gasteiger partial charge in [0.2, 0.25) is 0 Å². The van der Waals surface area contributed by atoms with Crippen molar-refractivity contribution >= 4 is 5.97 Å². The Labute approximate surface area is 58.1 Å². The smallest absolute Gasteiger partial charge is 0.302 e. The Morgan fingerprint density at radius 1 is 1.80 bits per heavy atom. The van der Waals surface area contributed by atoms with Gasteiger partial charge < -0.3 is 9.47 Å². The van der Waals surface area contributed by atoms with Crippen molar-refractivity contribution in [3.63, 3.8) is 0 Å². The summed E-state index contributed by atoms with van der Waals surface area (Å²) in [5.74, 6) is -0.455. The van der Waals surface area contributed by atoms with Crippen LogP contribution in [-0.4, -0.2) is 31.5 Å². The van der Waals surface area contributed by atoms with E-state index in [0.29, 0.717) is 0 Å². The van der Waals surface area contributed by atoms with Gasteiger partial charge in [-0.05, 0) is 0 Å². The first kappa shape index (κ1) is 7.47. The fourth-order valence-corrected chi connectivity index (χ4v) is 0.638. The molecule has 1 aliphatic heterocycles. The average Bonchev–Trinajstić information content (AvgIpc) is 1.79. The van der Waals surface area contributed by atoms with Crippen LogP contribution < -0.4 is 0 Å². The van der Waals surface area contributed by atoms with E-state index in [4.69, 9.17) is 0 Å². The number of carbonyl (C=O) groups excluding carboxylic acids is 1. The molecule has 0 bridgehead atoms. The van der Waals surface area contributed by atoms with E-state index in [1.165, 1.54) is 6.92 Å². The predicted molar refractivity (Wildman–Crippen MR) is 31.3 cm³/mol. The molecular weight excluding hydrogens is 139 g/mol. The molecule has 4 heteroatoms. The molecule has 0 atom stereocenters. The highest BCUT2D eigenvalue weighted by atomic mass is 19.1. The van der Waals surface area contributed by atoms with Crippen LogP contribution in [0, 0.1) is 0 Å². The minimum atomic E-state index is -1.41. The maximum atomic E-state index is 12.9. The van der Waals surface area contributed by atoms with Crippen molar-refractivity contribution in [2.45, 2.75) is 12.6 Å². The molecule has 0 N–H and O–H groups in total. The largest absolute Gasteiger partial charge is 0.462 e. The van der Waals surface area contributed by atoms with E-state index in [1.54, 1.807) is 0 Å². The van der Waals surface area contributed by atoms with Gasteiger partial charge in [0.1, 0.15) is 6.61 Å². The fourth-order valence-electron chi connectivity index (χ4n) is 0.638. The average molecular weight is 148 g/mol. The highest BCUT2D eigenvalue weighted by Crippen LogP contribution is 2.21. The number of hydrogen-bond donors (Lipinski definition) is 0. The van der Waals surface area contributed by atoms with Gasteiger partial charge in [0.05, 0.1) is 13.2 Å². The van der Waals surface area contributed by atoms with Gasteiger partial charge in [-0.25, -0.2) is 4.39 Å². The number of alkyl halides is 1. The van der Waals surface area contributed by atoms with E-state index in [-0.39, 0.29) is 19.8 Å². The van der Waals surface area contributed by atoms with Crippen molar-refractivity contribution in [1.82, 2.24) is 0 Å².